The molecule has 0 amide bonds. The Morgan fingerprint density at radius 1 is 1.23 bits per heavy atom. The van der Waals surface area contributed by atoms with Gasteiger partial charge in [-0.3, -0.25) is 5.41 Å². The number of carbonyl (C=O) groups is 1. The summed E-state index contributed by atoms with van der Waals surface area (Å²) in [6, 6.07) is 3.53. The van der Waals surface area contributed by atoms with Crippen molar-refractivity contribution in [2.24, 2.45) is 0 Å². The second kappa shape index (κ2) is 11.3. The number of carboxylic acids is 1. The second-order valence-corrected chi connectivity index (χ2v) is 6.32. The van der Waals surface area contributed by atoms with Gasteiger partial charge in [0, 0.05) is 6.61 Å². The molecule has 1 heterocycles. The molecule has 0 aliphatic carbocycles. The first-order chi connectivity index (χ1) is 12.4. The Hall–Kier alpha value is -2.41. The van der Waals surface area contributed by atoms with E-state index in [2.05, 4.69) is 11.6 Å². The van der Waals surface area contributed by atoms with Gasteiger partial charge in [0.05, 0.1) is 12.8 Å². The Balaban J connectivity index is 2.08. The summed E-state index contributed by atoms with van der Waals surface area (Å²) in [5, 5.41) is 15.8. The SMILES string of the molecule is C=C(OC=N)c1ccc(OCCCCCCCOC(C)(C)C(=O)O)cn1. The summed E-state index contributed by atoms with van der Waals surface area (Å²) in [7, 11) is 0. The Kier molecular flexibility index (Phi) is 9.36. The number of hydrogen-bond donors (Lipinski definition) is 2. The molecule has 7 heteroatoms. The van der Waals surface area contributed by atoms with Crippen molar-refractivity contribution in [3.05, 3.63) is 30.6 Å². The number of hydrogen-bond acceptors (Lipinski definition) is 6. The Morgan fingerprint density at radius 3 is 2.46 bits per heavy atom. The van der Waals surface area contributed by atoms with Gasteiger partial charge in [0.2, 0.25) is 0 Å². The fourth-order valence-electron chi connectivity index (χ4n) is 2.08. The van der Waals surface area contributed by atoms with E-state index in [4.69, 9.17) is 24.7 Å². The lowest BCUT2D eigenvalue weighted by Crippen LogP contribution is -2.35. The van der Waals surface area contributed by atoms with Crippen LogP contribution in [0.4, 0.5) is 0 Å². The van der Waals surface area contributed by atoms with Gasteiger partial charge in [-0.15, -0.1) is 0 Å². The van der Waals surface area contributed by atoms with Gasteiger partial charge in [-0.1, -0.05) is 25.8 Å². The maximum absolute atomic E-state index is 10.9. The van der Waals surface area contributed by atoms with E-state index in [-0.39, 0.29) is 0 Å². The molecule has 0 saturated heterocycles. The van der Waals surface area contributed by atoms with Crippen LogP contribution in [-0.2, 0) is 14.3 Å². The Bertz CT molecular complexity index is 584. The lowest BCUT2D eigenvalue weighted by Gasteiger charge is -2.19. The van der Waals surface area contributed by atoms with E-state index in [1.807, 2.05) is 0 Å². The van der Waals surface area contributed by atoms with Crippen molar-refractivity contribution in [2.75, 3.05) is 13.2 Å². The Morgan fingerprint density at radius 2 is 1.88 bits per heavy atom. The maximum atomic E-state index is 10.9. The van der Waals surface area contributed by atoms with Crippen LogP contribution in [0.5, 0.6) is 5.75 Å². The average Bonchev–Trinajstić information content (AvgIpc) is 2.60. The number of carboxylic acid groups (broad SMARTS) is 1. The van der Waals surface area contributed by atoms with Gasteiger partial charge in [-0.25, -0.2) is 9.78 Å². The molecule has 1 aromatic heterocycles. The van der Waals surface area contributed by atoms with Crippen molar-refractivity contribution < 1.29 is 24.1 Å². The van der Waals surface area contributed by atoms with Crippen LogP contribution in [0.1, 0.15) is 51.6 Å². The molecule has 0 spiro atoms. The van der Waals surface area contributed by atoms with E-state index in [0.29, 0.717) is 30.4 Å². The number of nitrogens with one attached hydrogen (secondary N) is 1. The second-order valence-electron chi connectivity index (χ2n) is 6.32. The van der Waals surface area contributed by atoms with Crippen molar-refractivity contribution in [1.82, 2.24) is 4.98 Å². The molecule has 0 atom stereocenters. The predicted octanol–water partition coefficient (Wildman–Crippen LogP) is 3.89. The Labute approximate surface area is 154 Å². The van der Waals surface area contributed by atoms with Crippen LogP contribution in [0.2, 0.25) is 0 Å². The van der Waals surface area contributed by atoms with Crippen LogP contribution in [-0.4, -0.2) is 41.3 Å². The minimum atomic E-state index is -1.12. The molecule has 0 aliphatic rings. The molecule has 26 heavy (non-hydrogen) atoms. The van der Waals surface area contributed by atoms with Crippen molar-refractivity contribution in [3.8, 4) is 5.75 Å². The molecule has 2 N–H and O–H groups in total. The van der Waals surface area contributed by atoms with Crippen molar-refractivity contribution in [3.63, 3.8) is 0 Å². The smallest absolute Gasteiger partial charge is 0.335 e. The largest absolute Gasteiger partial charge is 0.492 e. The van der Waals surface area contributed by atoms with Crippen molar-refractivity contribution >= 4 is 18.1 Å². The number of nitrogens with zero attached hydrogens (tertiary/aromatic N) is 1. The van der Waals surface area contributed by atoms with Gasteiger partial charge in [-0.2, -0.15) is 0 Å². The number of rotatable bonds is 14. The van der Waals surface area contributed by atoms with Crippen LogP contribution >= 0.6 is 0 Å². The molecule has 0 aliphatic heterocycles. The molecule has 0 saturated carbocycles. The van der Waals surface area contributed by atoms with Crippen LogP contribution in [0, 0.1) is 5.41 Å². The van der Waals surface area contributed by atoms with Crippen LogP contribution in [0.15, 0.2) is 24.9 Å². The topological polar surface area (TPSA) is 102 Å². The van der Waals surface area contributed by atoms with Crippen molar-refractivity contribution in [2.45, 2.75) is 51.6 Å². The summed E-state index contributed by atoms with van der Waals surface area (Å²) in [5.41, 5.74) is -0.552. The summed E-state index contributed by atoms with van der Waals surface area (Å²) < 4.78 is 15.8. The lowest BCUT2D eigenvalue weighted by atomic mass is 10.1. The first-order valence-electron chi connectivity index (χ1n) is 8.68. The highest BCUT2D eigenvalue weighted by Gasteiger charge is 2.27. The highest BCUT2D eigenvalue weighted by molar-refractivity contribution is 5.76. The average molecular weight is 364 g/mol. The summed E-state index contributed by atoms with van der Waals surface area (Å²) in [6.07, 6.45) is 7.30. The molecule has 144 valence electrons. The minimum absolute atomic E-state index is 0.322. The molecular weight excluding hydrogens is 336 g/mol. The van der Waals surface area contributed by atoms with Gasteiger partial charge in [0.25, 0.3) is 0 Å². The molecule has 0 unspecified atom stereocenters. The van der Waals surface area contributed by atoms with E-state index in [1.165, 1.54) is 0 Å². The van der Waals surface area contributed by atoms with E-state index >= 15 is 0 Å². The maximum Gasteiger partial charge on any atom is 0.335 e. The summed E-state index contributed by atoms with van der Waals surface area (Å²) >= 11 is 0. The highest BCUT2D eigenvalue weighted by Crippen LogP contribution is 2.15. The number of aromatic nitrogens is 1. The minimum Gasteiger partial charge on any atom is -0.492 e. The van der Waals surface area contributed by atoms with E-state index < -0.39 is 11.6 Å². The van der Waals surface area contributed by atoms with Crippen LogP contribution in [0.3, 0.4) is 0 Å². The zero-order valence-electron chi connectivity index (χ0n) is 15.5. The van der Waals surface area contributed by atoms with Crippen LogP contribution < -0.4 is 4.74 Å². The lowest BCUT2D eigenvalue weighted by molar-refractivity contribution is -0.161. The van der Waals surface area contributed by atoms with Gasteiger partial charge < -0.3 is 19.3 Å². The van der Waals surface area contributed by atoms with Gasteiger partial charge in [0.15, 0.2) is 12.0 Å². The van der Waals surface area contributed by atoms with Gasteiger partial charge in [0.1, 0.15) is 17.2 Å². The summed E-state index contributed by atoms with van der Waals surface area (Å²) in [4.78, 5) is 15.1. The molecule has 0 aromatic carbocycles. The number of ether oxygens (including phenoxy) is 3. The fourth-order valence-corrected chi connectivity index (χ4v) is 2.08. The highest BCUT2D eigenvalue weighted by atomic mass is 16.5. The molecule has 0 radical (unpaired) electrons. The standard InChI is InChI=1S/C19H28N2O5/c1-15(25-14-20)17-10-9-16(13-21-17)24-11-7-5-4-6-8-12-26-19(2,3)18(22)23/h9-10,13-14,20H,1,4-8,11-12H2,2-3H3,(H,22,23). The molecule has 1 aromatic rings. The fraction of sp³-hybridized carbons (Fsp3) is 0.526. The summed E-state index contributed by atoms with van der Waals surface area (Å²) in [5.74, 6) is 0.0618. The first kappa shape index (κ1) is 21.6. The third-order valence-electron chi connectivity index (χ3n) is 3.76. The van der Waals surface area contributed by atoms with Crippen molar-refractivity contribution in [1.29, 1.82) is 5.41 Å². The molecular formula is C19H28N2O5. The molecule has 7 nitrogen and oxygen atoms in total. The van der Waals surface area contributed by atoms with Crippen LogP contribution in [0.25, 0.3) is 5.76 Å². The normalized spacial score (nSPS) is 11.0. The molecule has 1 rings (SSSR count). The first-order valence-corrected chi connectivity index (χ1v) is 8.68. The number of unbranched alkanes of at least 4 members (excludes halogenated alkanes) is 4. The summed E-state index contributed by atoms with van der Waals surface area (Å²) in [6.45, 7) is 7.86. The number of aliphatic carboxylic acids is 1. The van der Waals surface area contributed by atoms with E-state index in [9.17, 15) is 4.79 Å². The van der Waals surface area contributed by atoms with E-state index in [1.54, 1.807) is 32.2 Å². The third kappa shape index (κ3) is 8.11. The van der Waals surface area contributed by atoms with Gasteiger partial charge >= 0.3 is 5.97 Å². The predicted molar refractivity (Wildman–Crippen MR) is 99.4 cm³/mol. The third-order valence-corrected chi connectivity index (χ3v) is 3.76. The van der Waals surface area contributed by atoms with Gasteiger partial charge in [-0.05, 0) is 38.8 Å². The monoisotopic (exact) mass is 364 g/mol. The van der Waals surface area contributed by atoms with E-state index in [0.717, 1.165) is 38.5 Å². The zero-order chi connectivity index (χ0) is 19.4. The number of pyridine rings is 1. The zero-order valence-corrected chi connectivity index (χ0v) is 15.5. The molecule has 0 fully saturated rings. The molecule has 0 bridgehead atoms. The quantitative estimate of drug-likeness (QED) is 0.225.